The summed E-state index contributed by atoms with van der Waals surface area (Å²) >= 11 is 0. The second-order valence-electron chi connectivity index (χ2n) is 7.29. The lowest BCUT2D eigenvalue weighted by Gasteiger charge is -2.23. The number of alkyl halides is 3. The maximum Gasteiger partial charge on any atom is 0.416 e. The average Bonchev–Trinajstić information content (AvgIpc) is 2.73. The molecular weight excluding hydrogens is 445 g/mol. The van der Waals surface area contributed by atoms with Crippen LogP contribution in [-0.2, 0) is 21.0 Å². The predicted octanol–water partition coefficient (Wildman–Crippen LogP) is 4.53. The van der Waals surface area contributed by atoms with Crippen LogP contribution in [0.25, 0.3) is 0 Å². The van der Waals surface area contributed by atoms with E-state index >= 15 is 0 Å². The average molecular weight is 473 g/mol. The fraction of sp³-hybridized carbons (Fsp3) is 0.409. The number of rotatable bonds is 10. The number of anilines is 1. The zero-order valence-corrected chi connectivity index (χ0v) is 19.0. The van der Waals surface area contributed by atoms with Crippen molar-refractivity contribution >= 4 is 21.6 Å². The minimum Gasteiger partial charge on any atom is -0.497 e. The van der Waals surface area contributed by atoms with Gasteiger partial charge in [0, 0.05) is 13.0 Å². The minimum atomic E-state index is -4.59. The number of hydrogen-bond acceptors (Lipinski definition) is 4. The zero-order chi connectivity index (χ0) is 23.9. The van der Waals surface area contributed by atoms with E-state index in [0.717, 1.165) is 34.3 Å². The van der Waals surface area contributed by atoms with Crippen molar-refractivity contribution in [1.29, 1.82) is 0 Å². The molecule has 0 aromatic heterocycles. The van der Waals surface area contributed by atoms with Crippen LogP contribution in [0, 0.1) is 0 Å². The molecule has 0 aliphatic carbocycles. The van der Waals surface area contributed by atoms with Gasteiger partial charge in [-0.3, -0.25) is 9.10 Å². The molecule has 0 radical (unpaired) electrons. The summed E-state index contributed by atoms with van der Waals surface area (Å²) in [4.78, 5) is 12.4. The molecule has 1 amide bonds. The van der Waals surface area contributed by atoms with Crippen molar-refractivity contribution in [2.45, 2.75) is 38.4 Å². The van der Waals surface area contributed by atoms with Crippen LogP contribution < -0.4 is 14.4 Å². The first kappa shape index (κ1) is 25.5. The molecular formula is C22H27F3N2O4S. The van der Waals surface area contributed by atoms with Crippen LogP contribution in [-0.4, -0.2) is 34.2 Å². The highest BCUT2D eigenvalue weighted by Gasteiger charge is 2.31. The molecule has 10 heteroatoms. The van der Waals surface area contributed by atoms with Gasteiger partial charge in [0.1, 0.15) is 5.75 Å². The van der Waals surface area contributed by atoms with Crippen molar-refractivity contribution in [2.75, 3.05) is 24.2 Å². The molecule has 176 valence electrons. The molecule has 32 heavy (non-hydrogen) atoms. The van der Waals surface area contributed by atoms with Crippen LogP contribution in [0.3, 0.4) is 0 Å². The Labute approximate surface area is 186 Å². The van der Waals surface area contributed by atoms with Gasteiger partial charge in [-0.25, -0.2) is 8.42 Å². The van der Waals surface area contributed by atoms with Gasteiger partial charge >= 0.3 is 6.18 Å². The molecule has 2 rings (SSSR count). The summed E-state index contributed by atoms with van der Waals surface area (Å²) in [5.41, 5.74) is -0.123. The monoisotopic (exact) mass is 472 g/mol. The van der Waals surface area contributed by atoms with Crippen molar-refractivity contribution in [1.82, 2.24) is 5.32 Å². The number of methoxy groups -OCH3 is 1. The number of benzene rings is 2. The van der Waals surface area contributed by atoms with Gasteiger partial charge in [0.25, 0.3) is 0 Å². The Morgan fingerprint density at radius 3 is 2.34 bits per heavy atom. The highest BCUT2D eigenvalue weighted by Crippen LogP contribution is 2.32. The van der Waals surface area contributed by atoms with E-state index in [1.807, 2.05) is 19.1 Å². The van der Waals surface area contributed by atoms with E-state index in [-0.39, 0.29) is 37.0 Å². The van der Waals surface area contributed by atoms with Crippen molar-refractivity contribution in [2.24, 2.45) is 0 Å². The highest BCUT2D eigenvalue weighted by molar-refractivity contribution is 7.92. The molecule has 1 N–H and O–H groups in total. The van der Waals surface area contributed by atoms with Crippen LogP contribution in [0.2, 0.25) is 0 Å². The van der Waals surface area contributed by atoms with Crippen molar-refractivity contribution < 1.29 is 31.1 Å². The second-order valence-corrected chi connectivity index (χ2v) is 9.20. The molecule has 2 aromatic carbocycles. The maximum atomic E-state index is 13.0. The van der Waals surface area contributed by atoms with E-state index in [9.17, 15) is 26.4 Å². The summed E-state index contributed by atoms with van der Waals surface area (Å²) in [6.07, 6.45) is -2.84. The first-order valence-electron chi connectivity index (χ1n) is 10.0. The van der Waals surface area contributed by atoms with E-state index in [2.05, 4.69) is 5.32 Å². The fourth-order valence-corrected chi connectivity index (χ4v) is 4.19. The van der Waals surface area contributed by atoms with E-state index in [1.54, 1.807) is 19.2 Å². The Hall–Kier alpha value is -2.75. The second kappa shape index (κ2) is 10.7. The molecule has 0 fully saturated rings. The third kappa shape index (κ3) is 7.15. The summed E-state index contributed by atoms with van der Waals surface area (Å²) in [6, 6.07) is 11.2. The van der Waals surface area contributed by atoms with Crippen LogP contribution >= 0.6 is 0 Å². The van der Waals surface area contributed by atoms with Gasteiger partial charge in [0.2, 0.25) is 15.9 Å². The van der Waals surface area contributed by atoms with Gasteiger partial charge in [-0.2, -0.15) is 13.2 Å². The molecule has 1 atom stereocenters. The highest BCUT2D eigenvalue weighted by atomic mass is 32.2. The minimum absolute atomic E-state index is 0.0254. The zero-order valence-electron chi connectivity index (χ0n) is 18.1. The number of carbonyl (C=O) groups is 1. The lowest BCUT2D eigenvalue weighted by Crippen LogP contribution is -2.33. The summed E-state index contributed by atoms with van der Waals surface area (Å²) in [6.45, 7) is 1.81. The van der Waals surface area contributed by atoms with Gasteiger partial charge in [-0.05, 0) is 48.7 Å². The summed E-state index contributed by atoms with van der Waals surface area (Å²) < 4.78 is 69.3. The summed E-state index contributed by atoms with van der Waals surface area (Å²) in [7, 11) is -2.27. The number of nitrogens with zero attached hydrogens (tertiary/aromatic N) is 1. The van der Waals surface area contributed by atoms with Crippen LogP contribution in [0.4, 0.5) is 18.9 Å². The smallest absolute Gasteiger partial charge is 0.416 e. The quantitative estimate of drug-likeness (QED) is 0.551. The SMILES string of the molecule is CCC(NC(=O)CCCN(c1cccc(C(F)(F)F)c1)S(C)(=O)=O)c1ccc(OC)cc1. The molecule has 1 unspecified atom stereocenters. The molecule has 0 heterocycles. The molecule has 0 saturated carbocycles. The van der Waals surface area contributed by atoms with Gasteiger partial charge < -0.3 is 10.1 Å². The van der Waals surface area contributed by atoms with Crippen molar-refractivity contribution in [3.8, 4) is 5.75 Å². The van der Waals surface area contributed by atoms with Crippen molar-refractivity contribution in [3.63, 3.8) is 0 Å². The van der Waals surface area contributed by atoms with E-state index < -0.39 is 21.8 Å². The van der Waals surface area contributed by atoms with Crippen molar-refractivity contribution in [3.05, 3.63) is 59.7 Å². The number of hydrogen-bond donors (Lipinski definition) is 1. The normalized spacial score (nSPS) is 12.8. The molecule has 0 saturated heterocycles. The Morgan fingerprint density at radius 1 is 1.16 bits per heavy atom. The predicted molar refractivity (Wildman–Crippen MR) is 117 cm³/mol. The largest absolute Gasteiger partial charge is 0.497 e. The number of nitrogens with one attached hydrogen (secondary N) is 1. The Balaban J connectivity index is 2.02. The molecule has 0 aliphatic rings. The van der Waals surface area contributed by atoms with Gasteiger partial charge in [0.15, 0.2) is 0 Å². The number of amides is 1. The van der Waals surface area contributed by atoms with Gasteiger partial charge in [0.05, 0.1) is 30.7 Å². The van der Waals surface area contributed by atoms with Crippen LogP contribution in [0.5, 0.6) is 5.75 Å². The standard InChI is InChI=1S/C22H27F3N2O4S/c1-4-20(16-10-12-19(31-2)13-11-16)26-21(28)9-6-14-27(32(3,29)30)18-8-5-7-17(15-18)22(23,24)25/h5,7-8,10-13,15,20H,4,6,9,14H2,1-3H3,(H,26,28). The molecule has 6 nitrogen and oxygen atoms in total. The number of sulfonamides is 1. The van der Waals surface area contributed by atoms with E-state index in [1.165, 1.54) is 6.07 Å². The van der Waals surface area contributed by atoms with Crippen LogP contribution in [0.1, 0.15) is 43.4 Å². The first-order valence-corrected chi connectivity index (χ1v) is 11.9. The number of halogens is 3. The lowest BCUT2D eigenvalue weighted by molar-refractivity contribution is -0.137. The summed E-state index contributed by atoms with van der Waals surface area (Å²) in [5, 5.41) is 2.91. The maximum absolute atomic E-state index is 13.0. The number of ether oxygens (including phenoxy) is 1. The fourth-order valence-electron chi connectivity index (χ4n) is 3.23. The van der Waals surface area contributed by atoms with Gasteiger partial charge in [-0.15, -0.1) is 0 Å². The third-order valence-corrected chi connectivity index (χ3v) is 6.08. The summed E-state index contributed by atoms with van der Waals surface area (Å²) in [5.74, 6) is 0.426. The molecule has 0 spiro atoms. The topological polar surface area (TPSA) is 75.7 Å². The third-order valence-electron chi connectivity index (χ3n) is 4.89. The Morgan fingerprint density at radius 2 is 1.81 bits per heavy atom. The molecule has 2 aromatic rings. The lowest BCUT2D eigenvalue weighted by atomic mass is 10.0. The van der Waals surface area contributed by atoms with Crippen LogP contribution in [0.15, 0.2) is 48.5 Å². The Kier molecular flexibility index (Phi) is 8.54. The number of carbonyl (C=O) groups excluding carboxylic acids is 1. The van der Waals surface area contributed by atoms with Gasteiger partial charge in [-0.1, -0.05) is 25.1 Å². The first-order chi connectivity index (χ1) is 15.0. The Bertz CT molecular complexity index is 1010. The van der Waals surface area contributed by atoms with E-state index in [0.29, 0.717) is 12.2 Å². The molecule has 0 aliphatic heterocycles. The molecule has 0 bridgehead atoms. The van der Waals surface area contributed by atoms with E-state index in [4.69, 9.17) is 4.74 Å².